The van der Waals surface area contributed by atoms with Gasteiger partial charge in [0.25, 0.3) is 0 Å². The van der Waals surface area contributed by atoms with Crippen molar-refractivity contribution in [2.45, 2.75) is 89.9 Å². The minimum atomic E-state index is -0.675. The number of rotatable bonds is 16. The Morgan fingerprint density at radius 2 is 1.10 bits per heavy atom. The lowest BCUT2D eigenvalue weighted by molar-refractivity contribution is -0.137. The predicted octanol–water partition coefficient (Wildman–Crippen LogP) is 5.08. The summed E-state index contributed by atoms with van der Waals surface area (Å²) in [5.41, 5.74) is 0. The Kier molecular flexibility index (Phi) is 16.5. The van der Waals surface area contributed by atoms with Crippen molar-refractivity contribution in [2.24, 2.45) is 0 Å². The molecule has 3 heteroatoms. The van der Waals surface area contributed by atoms with Crippen LogP contribution >= 0.6 is 0 Å². The van der Waals surface area contributed by atoms with E-state index in [4.69, 9.17) is 10.2 Å². The lowest BCUT2D eigenvalue weighted by Crippen LogP contribution is -1.93. The summed E-state index contributed by atoms with van der Waals surface area (Å²) >= 11 is 0. The van der Waals surface area contributed by atoms with Crippen LogP contribution in [0.4, 0.5) is 0 Å². The smallest absolute Gasteiger partial charge is 0.303 e. The molecular formula is C18H34O3. The van der Waals surface area contributed by atoms with Crippen LogP contribution in [0.3, 0.4) is 0 Å². The van der Waals surface area contributed by atoms with Gasteiger partial charge in [-0.1, -0.05) is 57.1 Å². The predicted molar refractivity (Wildman–Crippen MR) is 88.5 cm³/mol. The first kappa shape index (κ1) is 20.2. The fourth-order valence-electron chi connectivity index (χ4n) is 2.39. The maximum Gasteiger partial charge on any atom is 0.303 e. The van der Waals surface area contributed by atoms with Gasteiger partial charge in [0.05, 0.1) is 0 Å². The number of aliphatic carboxylic acids is 1. The number of aliphatic hydroxyl groups is 1. The summed E-state index contributed by atoms with van der Waals surface area (Å²) in [6.45, 7) is 0.336. The van der Waals surface area contributed by atoms with E-state index in [0.717, 1.165) is 32.1 Å². The lowest BCUT2D eigenvalue weighted by atomic mass is 10.1. The fraction of sp³-hybridized carbons (Fsp3) is 0.833. The number of carbonyl (C=O) groups is 1. The molecule has 0 fully saturated rings. The zero-order valence-corrected chi connectivity index (χ0v) is 13.6. The van der Waals surface area contributed by atoms with Gasteiger partial charge in [-0.3, -0.25) is 4.79 Å². The maximum atomic E-state index is 10.3. The van der Waals surface area contributed by atoms with Gasteiger partial charge < -0.3 is 10.2 Å². The molecule has 0 amide bonds. The van der Waals surface area contributed by atoms with Crippen molar-refractivity contribution in [3.63, 3.8) is 0 Å². The second-order valence-electron chi connectivity index (χ2n) is 5.81. The van der Waals surface area contributed by atoms with Crippen LogP contribution in [-0.2, 0) is 4.79 Å². The SMILES string of the molecule is O=C(O)CCCCCCC/C=C\CCCCCCCCO. The second kappa shape index (κ2) is 17.2. The number of hydrogen-bond donors (Lipinski definition) is 2. The topological polar surface area (TPSA) is 57.5 Å². The van der Waals surface area contributed by atoms with E-state index in [1.165, 1.54) is 51.4 Å². The van der Waals surface area contributed by atoms with Gasteiger partial charge in [0.15, 0.2) is 0 Å². The monoisotopic (exact) mass is 298 g/mol. The number of aliphatic hydroxyl groups excluding tert-OH is 1. The van der Waals surface area contributed by atoms with Crippen LogP contribution in [0.15, 0.2) is 12.2 Å². The molecule has 0 aliphatic carbocycles. The Hall–Kier alpha value is -0.830. The molecule has 21 heavy (non-hydrogen) atoms. The van der Waals surface area contributed by atoms with Crippen molar-refractivity contribution >= 4 is 5.97 Å². The highest BCUT2D eigenvalue weighted by Gasteiger charge is 1.95. The average Bonchev–Trinajstić information content (AvgIpc) is 2.46. The third-order valence-corrected chi connectivity index (χ3v) is 3.71. The van der Waals surface area contributed by atoms with Gasteiger partial charge in [0, 0.05) is 13.0 Å². The lowest BCUT2D eigenvalue weighted by Gasteiger charge is -1.99. The van der Waals surface area contributed by atoms with E-state index in [1.54, 1.807) is 0 Å². The van der Waals surface area contributed by atoms with Crippen LogP contribution in [-0.4, -0.2) is 22.8 Å². The summed E-state index contributed by atoms with van der Waals surface area (Å²) < 4.78 is 0. The Morgan fingerprint density at radius 3 is 1.57 bits per heavy atom. The van der Waals surface area contributed by atoms with Gasteiger partial charge in [-0.05, 0) is 38.5 Å². The molecule has 0 atom stereocenters. The number of allylic oxidation sites excluding steroid dienone is 2. The Balaban J connectivity index is 3.07. The molecule has 0 heterocycles. The third-order valence-electron chi connectivity index (χ3n) is 3.71. The largest absolute Gasteiger partial charge is 0.481 e. The first-order valence-electron chi connectivity index (χ1n) is 8.75. The molecular weight excluding hydrogens is 264 g/mol. The van der Waals surface area contributed by atoms with Crippen LogP contribution in [0.2, 0.25) is 0 Å². The first-order valence-corrected chi connectivity index (χ1v) is 8.75. The molecule has 0 bridgehead atoms. The van der Waals surface area contributed by atoms with E-state index < -0.39 is 5.97 Å². The number of unbranched alkanes of at least 4 members (excludes halogenated alkanes) is 11. The molecule has 3 nitrogen and oxygen atoms in total. The van der Waals surface area contributed by atoms with Crippen LogP contribution in [0.1, 0.15) is 89.9 Å². The van der Waals surface area contributed by atoms with E-state index in [-0.39, 0.29) is 0 Å². The summed E-state index contributed by atoms with van der Waals surface area (Å²) in [5, 5.41) is 17.2. The molecule has 0 aliphatic heterocycles. The molecule has 0 spiro atoms. The highest BCUT2D eigenvalue weighted by Crippen LogP contribution is 2.09. The number of carboxylic acids is 1. The van der Waals surface area contributed by atoms with Gasteiger partial charge in [-0.25, -0.2) is 0 Å². The Labute approximate surface area is 130 Å². The molecule has 0 aromatic carbocycles. The number of hydrogen-bond acceptors (Lipinski definition) is 2. The molecule has 0 aliphatic rings. The minimum Gasteiger partial charge on any atom is -0.481 e. The Bertz CT molecular complexity index is 249. The van der Waals surface area contributed by atoms with Crippen LogP contribution in [0.25, 0.3) is 0 Å². The molecule has 0 saturated heterocycles. The van der Waals surface area contributed by atoms with Crippen LogP contribution in [0.5, 0.6) is 0 Å². The molecule has 0 radical (unpaired) electrons. The summed E-state index contributed by atoms with van der Waals surface area (Å²) in [6, 6.07) is 0. The van der Waals surface area contributed by atoms with Crippen molar-refractivity contribution in [3.8, 4) is 0 Å². The van der Waals surface area contributed by atoms with Gasteiger partial charge in [0.2, 0.25) is 0 Å². The molecule has 2 N–H and O–H groups in total. The van der Waals surface area contributed by atoms with Gasteiger partial charge in [0.1, 0.15) is 0 Å². The minimum absolute atomic E-state index is 0.319. The van der Waals surface area contributed by atoms with E-state index in [2.05, 4.69) is 12.2 Å². The van der Waals surface area contributed by atoms with Crippen molar-refractivity contribution in [1.82, 2.24) is 0 Å². The summed E-state index contributed by atoms with van der Waals surface area (Å²) in [5.74, 6) is -0.675. The van der Waals surface area contributed by atoms with Crippen molar-refractivity contribution in [2.75, 3.05) is 6.61 Å². The third kappa shape index (κ3) is 19.2. The summed E-state index contributed by atoms with van der Waals surface area (Å²) in [6.07, 6.45) is 20.0. The van der Waals surface area contributed by atoms with Crippen LogP contribution < -0.4 is 0 Å². The average molecular weight is 298 g/mol. The van der Waals surface area contributed by atoms with Gasteiger partial charge in [-0.15, -0.1) is 0 Å². The molecule has 0 rings (SSSR count). The number of carboxylic acid groups (broad SMARTS) is 1. The van der Waals surface area contributed by atoms with Gasteiger partial charge >= 0.3 is 5.97 Å². The standard InChI is InChI=1S/C18H34O3/c19-17-15-13-11-9-7-5-3-1-2-4-6-8-10-12-14-16-18(20)21/h1-2,19H,3-17H2,(H,20,21)/b2-1-. The zero-order chi connectivity index (χ0) is 15.6. The van der Waals surface area contributed by atoms with Crippen molar-refractivity contribution in [3.05, 3.63) is 12.2 Å². The summed E-state index contributed by atoms with van der Waals surface area (Å²) in [4.78, 5) is 10.3. The summed E-state index contributed by atoms with van der Waals surface area (Å²) in [7, 11) is 0. The molecule has 0 aromatic rings. The van der Waals surface area contributed by atoms with E-state index in [1.807, 2.05) is 0 Å². The first-order chi connectivity index (χ1) is 10.3. The van der Waals surface area contributed by atoms with E-state index in [9.17, 15) is 4.79 Å². The van der Waals surface area contributed by atoms with Crippen LogP contribution in [0, 0.1) is 0 Å². The Morgan fingerprint density at radius 1 is 0.667 bits per heavy atom. The zero-order valence-electron chi connectivity index (χ0n) is 13.6. The van der Waals surface area contributed by atoms with E-state index in [0.29, 0.717) is 13.0 Å². The molecule has 124 valence electrons. The van der Waals surface area contributed by atoms with Crippen molar-refractivity contribution in [1.29, 1.82) is 0 Å². The van der Waals surface area contributed by atoms with Gasteiger partial charge in [-0.2, -0.15) is 0 Å². The highest BCUT2D eigenvalue weighted by molar-refractivity contribution is 5.66. The molecule has 0 unspecified atom stereocenters. The normalized spacial score (nSPS) is 11.3. The molecule has 0 saturated carbocycles. The van der Waals surface area contributed by atoms with Crippen molar-refractivity contribution < 1.29 is 15.0 Å². The molecule has 0 aromatic heterocycles. The second-order valence-corrected chi connectivity index (χ2v) is 5.81. The quantitative estimate of drug-likeness (QED) is 0.308. The highest BCUT2D eigenvalue weighted by atomic mass is 16.4. The fourth-order valence-corrected chi connectivity index (χ4v) is 2.39. The maximum absolute atomic E-state index is 10.3. The van der Waals surface area contributed by atoms with E-state index >= 15 is 0 Å².